The van der Waals surface area contributed by atoms with E-state index in [0.29, 0.717) is 42.8 Å². The molecular formula is C22H18Cl2F4N4O2S. The van der Waals surface area contributed by atoms with Gasteiger partial charge in [0.25, 0.3) is 0 Å². The summed E-state index contributed by atoms with van der Waals surface area (Å²) in [7, 11) is 0. The van der Waals surface area contributed by atoms with Crippen molar-refractivity contribution in [3.63, 3.8) is 0 Å². The Hall–Kier alpha value is -2.08. The van der Waals surface area contributed by atoms with Crippen molar-refractivity contribution in [2.45, 2.75) is 36.5 Å². The van der Waals surface area contributed by atoms with Crippen LogP contribution < -0.4 is 5.32 Å². The average molecular weight is 549 g/mol. The van der Waals surface area contributed by atoms with Crippen LogP contribution in [0.5, 0.6) is 0 Å². The van der Waals surface area contributed by atoms with E-state index in [9.17, 15) is 22.4 Å². The van der Waals surface area contributed by atoms with E-state index >= 15 is 0 Å². The molecule has 1 aromatic heterocycles. The Morgan fingerprint density at radius 2 is 1.94 bits per heavy atom. The van der Waals surface area contributed by atoms with Gasteiger partial charge in [-0.3, -0.25) is 4.98 Å². The summed E-state index contributed by atoms with van der Waals surface area (Å²) in [4.78, 5) is 18.1. The van der Waals surface area contributed by atoms with Crippen molar-refractivity contribution in [3.8, 4) is 0 Å². The van der Waals surface area contributed by atoms with E-state index in [1.807, 2.05) is 6.92 Å². The van der Waals surface area contributed by atoms with Crippen LogP contribution in [-0.4, -0.2) is 47.4 Å². The zero-order valence-electron chi connectivity index (χ0n) is 18.2. The number of likely N-dealkylation sites (tertiary alicyclic amines) is 1. The molecule has 0 aliphatic carbocycles. The molecule has 1 fully saturated rings. The molecule has 1 spiro atoms. The SMILES string of the molecule is CCNC(=O)N1CC2(C1)OCc1cc(C3=NSC(c4cc(Cl)c(F)c(Cl)c4)(C(F)(F)F)C3)cnc12. The Balaban J connectivity index is 1.40. The number of amides is 2. The number of ether oxygens (including phenoxy) is 1. The van der Waals surface area contributed by atoms with Crippen LogP contribution in [0.15, 0.2) is 28.8 Å². The highest BCUT2D eigenvalue weighted by Crippen LogP contribution is 2.57. The smallest absolute Gasteiger partial charge is 0.360 e. The summed E-state index contributed by atoms with van der Waals surface area (Å²) < 4.78 is 64.5. The van der Waals surface area contributed by atoms with Gasteiger partial charge in [-0.2, -0.15) is 13.2 Å². The number of hydrogen-bond acceptors (Lipinski definition) is 5. The molecule has 3 aliphatic heterocycles. The normalized spacial score (nSPS) is 22.7. The maximum Gasteiger partial charge on any atom is 0.409 e. The first-order chi connectivity index (χ1) is 16.5. The molecule has 5 rings (SSSR count). The molecule has 1 unspecified atom stereocenters. The molecule has 2 aromatic rings. The fraction of sp³-hybridized carbons (Fsp3) is 0.409. The van der Waals surface area contributed by atoms with Gasteiger partial charge in [-0.15, -0.1) is 0 Å². The molecule has 2 amide bonds. The second kappa shape index (κ2) is 8.50. The zero-order valence-corrected chi connectivity index (χ0v) is 20.5. The number of carbonyl (C=O) groups excluding carboxylic acids is 1. The maximum atomic E-state index is 14.3. The second-order valence-corrected chi connectivity index (χ2v) is 10.5. The van der Waals surface area contributed by atoms with Crippen LogP contribution in [0.2, 0.25) is 10.0 Å². The Kier molecular flexibility index (Phi) is 5.98. The lowest BCUT2D eigenvalue weighted by atomic mass is 9.87. The van der Waals surface area contributed by atoms with Crippen molar-refractivity contribution in [2.75, 3.05) is 19.6 Å². The van der Waals surface area contributed by atoms with Gasteiger partial charge in [0.05, 0.1) is 41.1 Å². The van der Waals surface area contributed by atoms with Gasteiger partial charge in [-0.1, -0.05) is 23.2 Å². The van der Waals surface area contributed by atoms with E-state index in [1.165, 1.54) is 6.20 Å². The van der Waals surface area contributed by atoms with Gasteiger partial charge in [-0.05, 0) is 42.6 Å². The summed E-state index contributed by atoms with van der Waals surface area (Å²) >= 11 is 11.9. The number of fused-ring (bicyclic) bond motifs is 2. The summed E-state index contributed by atoms with van der Waals surface area (Å²) in [5.41, 5.74) is 1.06. The summed E-state index contributed by atoms with van der Waals surface area (Å²) in [6.07, 6.45) is -3.75. The zero-order chi connectivity index (χ0) is 25.2. The van der Waals surface area contributed by atoms with Crippen molar-refractivity contribution >= 4 is 46.9 Å². The van der Waals surface area contributed by atoms with Crippen molar-refractivity contribution in [1.82, 2.24) is 15.2 Å². The first-order valence-corrected chi connectivity index (χ1v) is 12.2. The number of nitrogens with one attached hydrogen (secondary N) is 1. The Labute approximate surface area is 212 Å². The number of rotatable bonds is 3. The van der Waals surface area contributed by atoms with Crippen molar-refractivity contribution < 1.29 is 27.1 Å². The van der Waals surface area contributed by atoms with Crippen molar-refractivity contribution in [3.05, 3.63) is 62.6 Å². The number of pyridine rings is 1. The first kappa shape index (κ1) is 24.6. The predicted octanol–water partition coefficient (Wildman–Crippen LogP) is 5.60. The number of halogens is 6. The number of alkyl halides is 3. The molecule has 6 nitrogen and oxygen atoms in total. The topological polar surface area (TPSA) is 66.8 Å². The van der Waals surface area contributed by atoms with Gasteiger partial charge in [0.15, 0.2) is 10.6 Å². The lowest BCUT2D eigenvalue weighted by Gasteiger charge is -2.46. The largest absolute Gasteiger partial charge is 0.409 e. The van der Waals surface area contributed by atoms with E-state index in [-0.39, 0.29) is 23.9 Å². The van der Waals surface area contributed by atoms with E-state index in [1.54, 1.807) is 11.0 Å². The van der Waals surface area contributed by atoms with Crippen LogP contribution in [0.25, 0.3) is 0 Å². The predicted molar refractivity (Wildman–Crippen MR) is 124 cm³/mol. The molecule has 1 saturated heterocycles. The third kappa shape index (κ3) is 3.87. The van der Waals surface area contributed by atoms with Gasteiger partial charge in [0.1, 0.15) is 5.60 Å². The Morgan fingerprint density at radius 3 is 2.57 bits per heavy atom. The molecule has 186 valence electrons. The van der Waals surface area contributed by atoms with E-state index in [4.69, 9.17) is 27.9 Å². The molecule has 0 bridgehead atoms. The van der Waals surface area contributed by atoms with Gasteiger partial charge < -0.3 is 15.0 Å². The maximum absolute atomic E-state index is 14.3. The lowest BCUT2D eigenvalue weighted by Crippen LogP contribution is -2.63. The quantitative estimate of drug-likeness (QED) is 0.308. The minimum atomic E-state index is -4.72. The highest BCUT2D eigenvalue weighted by Gasteiger charge is 2.60. The molecule has 4 heterocycles. The van der Waals surface area contributed by atoms with Gasteiger partial charge in [0, 0.05) is 30.3 Å². The minimum Gasteiger partial charge on any atom is -0.360 e. The monoisotopic (exact) mass is 548 g/mol. The Morgan fingerprint density at radius 1 is 1.26 bits per heavy atom. The summed E-state index contributed by atoms with van der Waals surface area (Å²) in [5, 5.41) is 1.75. The van der Waals surface area contributed by atoms with Crippen LogP contribution in [-0.2, 0) is 21.7 Å². The van der Waals surface area contributed by atoms with Gasteiger partial charge in [-0.25, -0.2) is 13.6 Å². The third-order valence-corrected chi connectivity index (χ3v) is 8.16. The summed E-state index contributed by atoms with van der Waals surface area (Å²) in [5.74, 6) is -0.975. The van der Waals surface area contributed by atoms with E-state index in [0.717, 1.165) is 17.7 Å². The minimum absolute atomic E-state index is 0.186. The molecule has 0 saturated carbocycles. The number of aromatic nitrogens is 1. The van der Waals surface area contributed by atoms with Gasteiger partial charge in [0.2, 0.25) is 0 Å². The second-order valence-electron chi connectivity index (χ2n) is 8.59. The molecule has 1 aromatic carbocycles. The van der Waals surface area contributed by atoms with Crippen LogP contribution >= 0.6 is 35.1 Å². The molecule has 1 atom stereocenters. The number of urea groups is 1. The van der Waals surface area contributed by atoms with Crippen LogP contribution in [0.3, 0.4) is 0 Å². The summed E-state index contributed by atoms with van der Waals surface area (Å²) in [6.45, 7) is 3.26. The Bertz CT molecular complexity index is 1230. The number of carbonyl (C=O) groups is 1. The highest BCUT2D eigenvalue weighted by atomic mass is 35.5. The van der Waals surface area contributed by atoms with Crippen LogP contribution in [0, 0.1) is 5.82 Å². The number of nitrogens with zero attached hydrogens (tertiary/aromatic N) is 3. The standard InChI is InChI=1S/C22H18Cl2F4N4O2S/c1-2-29-19(33)32-9-20(10-32)18-12(8-34-20)3-11(7-30-18)16-6-21(35-31-16,22(26,27)28)13-4-14(23)17(25)15(24)5-13/h3-5,7H,2,6,8-10H2,1H3,(H,29,33). The average Bonchev–Trinajstić information content (AvgIpc) is 3.39. The molecule has 3 aliphatic rings. The van der Waals surface area contributed by atoms with Crippen molar-refractivity contribution in [1.29, 1.82) is 0 Å². The number of hydrogen-bond donors (Lipinski definition) is 1. The molecule has 1 N–H and O–H groups in total. The number of benzene rings is 1. The first-order valence-electron chi connectivity index (χ1n) is 10.6. The van der Waals surface area contributed by atoms with Crippen LogP contribution in [0.4, 0.5) is 22.4 Å². The highest BCUT2D eigenvalue weighted by molar-refractivity contribution is 7.99. The molecular weight excluding hydrogens is 531 g/mol. The van der Waals surface area contributed by atoms with E-state index in [2.05, 4.69) is 14.7 Å². The lowest BCUT2D eigenvalue weighted by molar-refractivity contribution is -0.159. The molecule has 13 heteroatoms. The fourth-order valence-corrected chi connectivity index (χ4v) is 5.99. The van der Waals surface area contributed by atoms with Crippen molar-refractivity contribution in [2.24, 2.45) is 4.40 Å². The van der Waals surface area contributed by atoms with E-state index < -0.39 is 38.8 Å². The fourth-order valence-electron chi connectivity index (χ4n) is 4.54. The third-order valence-electron chi connectivity index (χ3n) is 6.38. The molecule has 0 radical (unpaired) electrons. The summed E-state index contributed by atoms with van der Waals surface area (Å²) in [6, 6.07) is 3.42. The van der Waals surface area contributed by atoms with Crippen LogP contribution in [0.1, 0.15) is 35.7 Å². The van der Waals surface area contributed by atoms with Gasteiger partial charge >= 0.3 is 12.2 Å². The molecule has 35 heavy (non-hydrogen) atoms.